The molecule has 0 saturated heterocycles. The van der Waals surface area contributed by atoms with Crippen molar-refractivity contribution >= 4 is 5.91 Å². The SMILES string of the molecule is Cc1ccc(C(=O)N(C)C(C)C2CC2)cc1F. The monoisotopic (exact) mass is 235 g/mol. The topological polar surface area (TPSA) is 20.3 Å². The second-order valence-corrected chi connectivity index (χ2v) is 4.96. The third-order valence-electron chi connectivity index (χ3n) is 3.65. The van der Waals surface area contributed by atoms with Gasteiger partial charge in [0, 0.05) is 18.7 Å². The lowest BCUT2D eigenvalue weighted by Gasteiger charge is -2.25. The Morgan fingerprint density at radius 3 is 2.65 bits per heavy atom. The quantitative estimate of drug-likeness (QED) is 0.788. The average Bonchev–Trinajstić information content (AvgIpc) is 3.14. The van der Waals surface area contributed by atoms with Gasteiger partial charge in [-0.15, -0.1) is 0 Å². The van der Waals surface area contributed by atoms with Crippen molar-refractivity contribution in [3.8, 4) is 0 Å². The number of aryl methyl sites for hydroxylation is 1. The maximum atomic E-state index is 13.4. The zero-order valence-corrected chi connectivity index (χ0v) is 10.5. The van der Waals surface area contributed by atoms with Crippen molar-refractivity contribution < 1.29 is 9.18 Å². The van der Waals surface area contributed by atoms with Crippen molar-refractivity contribution in [2.45, 2.75) is 32.7 Å². The summed E-state index contributed by atoms with van der Waals surface area (Å²) in [4.78, 5) is 13.9. The van der Waals surface area contributed by atoms with E-state index in [0.717, 1.165) is 0 Å². The Labute approximate surface area is 101 Å². The predicted octanol–water partition coefficient (Wildman–Crippen LogP) is 3.00. The van der Waals surface area contributed by atoms with E-state index in [1.807, 2.05) is 0 Å². The van der Waals surface area contributed by atoms with E-state index in [4.69, 9.17) is 0 Å². The van der Waals surface area contributed by atoms with Crippen LogP contribution in [-0.2, 0) is 0 Å². The summed E-state index contributed by atoms with van der Waals surface area (Å²) in [6, 6.07) is 4.91. The molecule has 1 fully saturated rings. The lowest BCUT2D eigenvalue weighted by Crippen LogP contribution is -2.36. The van der Waals surface area contributed by atoms with Crippen LogP contribution in [0.15, 0.2) is 18.2 Å². The number of amides is 1. The third-order valence-corrected chi connectivity index (χ3v) is 3.65. The Kier molecular flexibility index (Phi) is 3.18. The van der Waals surface area contributed by atoms with Crippen LogP contribution in [0, 0.1) is 18.7 Å². The van der Waals surface area contributed by atoms with E-state index in [2.05, 4.69) is 6.92 Å². The molecule has 1 amide bonds. The summed E-state index contributed by atoms with van der Waals surface area (Å²) in [6.45, 7) is 3.75. The lowest BCUT2D eigenvalue weighted by molar-refractivity contribution is 0.0727. The molecule has 0 heterocycles. The fraction of sp³-hybridized carbons (Fsp3) is 0.500. The van der Waals surface area contributed by atoms with E-state index < -0.39 is 0 Å². The van der Waals surface area contributed by atoms with Gasteiger partial charge >= 0.3 is 0 Å². The zero-order valence-electron chi connectivity index (χ0n) is 10.5. The third kappa shape index (κ3) is 2.48. The molecule has 2 nitrogen and oxygen atoms in total. The second kappa shape index (κ2) is 4.47. The Morgan fingerprint density at radius 1 is 1.47 bits per heavy atom. The van der Waals surface area contributed by atoms with Crippen LogP contribution in [0.25, 0.3) is 0 Å². The van der Waals surface area contributed by atoms with Crippen LogP contribution in [0.4, 0.5) is 4.39 Å². The molecule has 3 heteroatoms. The normalized spacial score (nSPS) is 16.7. The Bertz CT molecular complexity index is 440. The van der Waals surface area contributed by atoms with Gasteiger partial charge in [0.1, 0.15) is 5.82 Å². The molecule has 1 aliphatic carbocycles. The van der Waals surface area contributed by atoms with Crippen molar-refractivity contribution in [2.24, 2.45) is 5.92 Å². The first-order chi connectivity index (χ1) is 8.00. The summed E-state index contributed by atoms with van der Waals surface area (Å²) < 4.78 is 13.4. The first-order valence-electron chi connectivity index (χ1n) is 6.04. The Balaban J connectivity index is 2.15. The van der Waals surface area contributed by atoms with Gasteiger partial charge in [-0.1, -0.05) is 6.07 Å². The number of hydrogen-bond acceptors (Lipinski definition) is 1. The van der Waals surface area contributed by atoms with Crippen molar-refractivity contribution in [3.63, 3.8) is 0 Å². The first kappa shape index (κ1) is 12.1. The molecule has 17 heavy (non-hydrogen) atoms. The standard InChI is InChI=1S/C14H18FNO/c1-9-4-5-12(8-13(9)15)14(17)16(3)10(2)11-6-7-11/h4-5,8,10-11H,6-7H2,1-3H3. The van der Waals surface area contributed by atoms with Gasteiger partial charge in [-0.3, -0.25) is 4.79 Å². The molecule has 2 rings (SSSR count). The highest BCUT2D eigenvalue weighted by molar-refractivity contribution is 5.94. The molecule has 0 aromatic heterocycles. The number of benzene rings is 1. The van der Waals surface area contributed by atoms with Gasteiger partial charge in [0.2, 0.25) is 0 Å². The van der Waals surface area contributed by atoms with Crippen molar-refractivity contribution in [3.05, 3.63) is 35.1 Å². The van der Waals surface area contributed by atoms with Crippen LogP contribution < -0.4 is 0 Å². The van der Waals surface area contributed by atoms with Gasteiger partial charge in [-0.2, -0.15) is 0 Å². The maximum Gasteiger partial charge on any atom is 0.253 e. The van der Waals surface area contributed by atoms with Gasteiger partial charge in [-0.05, 0) is 50.3 Å². The lowest BCUT2D eigenvalue weighted by atomic mass is 10.1. The molecule has 0 bridgehead atoms. The molecule has 0 aliphatic heterocycles. The summed E-state index contributed by atoms with van der Waals surface area (Å²) in [7, 11) is 1.79. The highest BCUT2D eigenvalue weighted by Gasteiger charge is 2.32. The van der Waals surface area contributed by atoms with Crippen LogP contribution in [-0.4, -0.2) is 23.9 Å². The molecule has 1 saturated carbocycles. The molecular weight excluding hydrogens is 217 g/mol. The second-order valence-electron chi connectivity index (χ2n) is 4.96. The van der Waals surface area contributed by atoms with Gasteiger partial charge in [-0.25, -0.2) is 4.39 Å². The molecule has 0 spiro atoms. The molecule has 1 aromatic carbocycles. The summed E-state index contributed by atoms with van der Waals surface area (Å²) in [6.07, 6.45) is 2.39. The minimum atomic E-state index is -0.316. The minimum Gasteiger partial charge on any atom is -0.339 e. The largest absolute Gasteiger partial charge is 0.339 e. The van der Waals surface area contributed by atoms with Gasteiger partial charge in [0.15, 0.2) is 0 Å². The molecule has 92 valence electrons. The van der Waals surface area contributed by atoms with E-state index in [1.165, 1.54) is 18.9 Å². The van der Waals surface area contributed by atoms with E-state index in [-0.39, 0.29) is 17.8 Å². The Hall–Kier alpha value is -1.38. The van der Waals surface area contributed by atoms with E-state index in [1.54, 1.807) is 31.0 Å². The molecule has 0 radical (unpaired) electrons. The van der Waals surface area contributed by atoms with Crippen LogP contribution in [0.5, 0.6) is 0 Å². The van der Waals surface area contributed by atoms with Crippen LogP contribution in [0.2, 0.25) is 0 Å². The highest BCUT2D eigenvalue weighted by atomic mass is 19.1. The van der Waals surface area contributed by atoms with Gasteiger partial charge < -0.3 is 4.90 Å². The van der Waals surface area contributed by atoms with E-state index in [0.29, 0.717) is 17.0 Å². The number of carbonyl (C=O) groups is 1. The summed E-state index contributed by atoms with van der Waals surface area (Å²) in [5.74, 6) is 0.214. The molecule has 1 aromatic rings. The molecule has 1 atom stereocenters. The average molecular weight is 235 g/mol. The number of nitrogens with zero attached hydrogens (tertiary/aromatic N) is 1. The van der Waals surface area contributed by atoms with Crippen LogP contribution in [0.1, 0.15) is 35.7 Å². The summed E-state index contributed by atoms with van der Waals surface area (Å²) in [5, 5.41) is 0. The van der Waals surface area contributed by atoms with Crippen molar-refractivity contribution in [1.29, 1.82) is 0 Å². The first-order valence-corrected chi connectivity index (χ1v) is 6.04. The smallest absolute Gasteiger partial charge is 0.253 e. The number of carbonyl (C=O) groups excluding carboxylic acids is 1. The van der Waals surface area contributed by atoms with E-state index >= 15 is 0 Å². The predicted molar refractivity (Wildman–Crippen MR) is 65.4 cm³/mol. The maximum absolute atomic E-state index is 13.4. The van der Waals surface area contributed by atoms with Crippen molar-refractivity contribution in [2.75, 3.05) is 7.05 Å². The Morgan fingerprint density at radius 2 is 2.12 bits per heavy atom. The highest BCUT2D eigenvalue weighted by Crippen LogP contribution is 2.35. The molecule has 0 N–H and O–H groups in total. The van der Waals surface area contributed by atoms with Crippen LogP contribution >= 0.6 is 0 Å². The fourth-order valence-electron chi connectivity index (χ4n) is 2.01. The van der Waals surface area contributed by atoms with Crippen LogP contribution in [0.3, 0.4) is 0 Å². The van der Waals surface area contributed by atoms with E-state index in [9.17, 15) is 9.18 Å². The van der Waals surface area contributed by atoms with Gasteiger partial charge in [0.25, 0.3) is 5.91 Å². The zero-order chi connectivity index (χ0) is 12.6. The number of hydrogen-bond donors (Lipinski definition) is 0. The molecule has 1 unspecified atom stereocenters. The summed E-state index contributed by atoms with van der Waals surface area (Å²) >= 11 is 0. The number of halogens is 1. The van der Waals surface area contributed by atoms with Gasteiger partial charge in [0.05, 0.1) is 0 Å². The molecule has 1 aliphatic rings. The minimum absolute atomic E-state index is 0.0942. The molecular formula is C14H18FNO. The number of rotatable bonds is 3. The van der Waals surface area contributed by atoms with Crippen molar-refractivity contribution in [1.82, 2.24) is 4.90 Å². The summed E-state index contributed by atoms with van der Waals surface area (Å²) in [5.41, 5.74) is 1.00. The fourth-order valence-corrected chi connectivity index (χ4v) is 2.01.